The van der Waals surface area contributed by atoms with Gasteiger partial charge in [-0.2, -0.15) is 0 Å². The first-order valence-corrected chi connectivity index (χ1v) is 4.79. The molecule has 1 saturated heterocycles. The molecule has 1 nitrogen and oxygen atoms in total. The average molecular weight is 163 g/mol. The fraction of sp³-hybridized carbons (Fsp3) is 1.00. The predicted octanol–water partition coefficient (Wildman–Crippen LogP) is 2.09. The first-order chi connectivity index (χ1) is 4.83. The molecule has 0 N–H and O–H groups in total. The van der Waals surface area contributed by atoms with E-state index in [1.54, 1.807) is 11.9 Å². The Bertz CT molecular complexity index is 97.6. The molecule has 1 aliphatic heterocycles. The second-order valence-corrected chi connectivity index (χ2v) is 3.90. The molecule has 1 aliphatic rings. The third-order valence-corrected chi connectivity index (χ3v) is 2.59. The summed E-state index contributed by atoms with van der Waals surface area (Å²) in [5.74, 6) is 1.06. The summed E-state index contributed by atoms with van der Waals surface area (Å²) >= 11 is 1.75. The lowest BCUT2D eigenvalue weighted by Gasteiger charge is -2.26. The highest BCUT2D eigenvalue weighted by Crippen LogP contribution is 2.19. The number of nitrogens with zero attached hydrogens (tertiary/aromatic N) is 1. The molecule has 1 heterocycles. The van der Waals surface area contributed by atoms with E-state index in [-0.39, 0.29) is 0 Å². The van der Waals surface area contributed by atoms with Crippen molar-refractivity contribution < 1.29 is 4.39 Å². The minimum Gasteiger partial charge on any atom is -0.248 e. The van der Waals surface area contributed by atoms with Gasteiger partial charge in [0, 0.05) is 18.8 Å². The molecular weight excluding hydrogens is 149 g/mol. The molecule has 10 heavy (non-hydrogen) atoms. The second kappa shape index (κ2) is 4.19. The van der Waals surface area contributed by atoms with E-state index in [9.17, 15) is 4.39 Å². The normalized spacial score (nSPS) is 28.8. The Morgan fingerprint density at radius 3 is 3.10 bits per heavy atom. The van der Waals surface area contributed by atoms with E-state index in [1.807, 2.05) is 0 Å². The van der Waals surface area contributed by atoms with Gasteiger partial charge in [-0.3, -0.25) is 0 Å². The van der Waals surface area contributed by atoms with Crippen LogP contribution in [0.25, 0.3) is 0 Å². The number of alkyl halides is 1. The third-order valence-electron chi connectivity index (χ3n) is 1.64. The maximum Gasteiger partial charge on any atom is 0.114 e. The van der Waals surface area contributed by atoms with Crippen molar-refractivity contribution in [3.05, 3.63) is 0 Å². The van der Waals surface area contributed by atoms with Crippen molar-refractivity contribution in [2.45, 2.75) is 25.9 Å². The molecule has 3 heteroatoms. The Hall–Kier alpha value is 0.240. The zero-order chi connectivity index (χ0) is 7.40. The van der Waals surface area contributed by atoms with Crippen LogP contribution in [0.1, 0.15) is 19.8 Å². The number of rotatable bonds is 2. The summed E-state index contributed by atoms with van der Waals surface area (Å²) in [5.41, 5.74) is 0. The molecule has 0 aromatic rings. The Balaban J connectivity index is 2.18. The molecule has 1 fully saturated rings. The first kappa shape index (κ1) is 8.34. The highest BCUT2D eigenvalue weighted by Gasteiger charge is 2.18. The van der Waals surface area contributed by atoms with Crippen molar-refractivity contribution in [2.75, 3.05) is 18.8 Å². The second-order valence-electron chi connectivity index (χ2n) is 2.55. The Morgan fingerprint density at radius 2 is 2.50 bits per heavy atom. The minimum atomic E-state index is -0.576. The molecule has 0 spiro atoms. The lowest BCUT2D eigenvalue weighted by Crippen LogP contribution is -2.31. The van der Waals surface area contributed by atoms with Crippen LogP contribution in [0.4, 0.5) is 4.39 Å². The van der Waals surface area contributed by atoms with E-state index in [4.69, 9.17) is 0 Å². The fourth-order valence-corrected chi connectivity index (χ4v) is 2.08. The van der Waals surface area contributed by atoms with Gasteiger partial charge in [-0.25, -0.2) is 8.70 Å². The molecule has 1 atom stereocenters. The Morgan fingerprint density at radius 1 is 1.70 bits per heavy atom. The van der Waals surface area contributed by atoms with Gasteiger partial charge >= 0.3 is 0 Å². The fourth-order valence-electron chi connectivity index (χ4n) is 1.19. The van der Waals surface area contributed by atoms with E-state index < -0.39 is 6.17 Å². The van der Waals surface area contributed by atoms with Gasteiger partial charge in [0.25, 0.3) is 0 Å². The summed E-state index contributed by atoms with van der Waals surface area (Å²) in [5, 5.41) is 0. The van der Waals surface area contributed by atoms with Crippen molar-refractivity contribution in [2.24, 2.45) is 0 Å². The van der Waals surface area contributed by atoms with Gasteiger partial charge in [-0.15, -0.1) is 0 Å². The molecule has 0 aromatic carbocycles. The van der Waals surface area contributed by atoms with Crippen molar-refractivity contribution >= 4 is 11.9 Å². The van der Waals surface area contributed by atoms with Crippen LogP contribution >= 0.6 is 11.9 Å². The van der Waals surface area contributed by atoms with E-state index in [2.05, 4.69) is 11.2 Å². The summed E-state index contributed by atoms with van der Waals surface area (Å²) in [7, 11) is 0. The average Bonchev–Trinajstić information content (AvgIpc) is 1.88. The minimum absolute atomic E-state index is 0.576. The van der Waals surface area contributed by atoms with Gasteiger partial charge in [-0.1, -0.05) is 18.9 Å². The van der Waals surface area contributed by atoms with Crippen molar-refractivity contribution in [3.8, 4) is 0 Å². The summed E-state index contributed by atoms with van der Waals surface area (Å²) in [6.45, 7) is 3.81. The zero-order valence-electron chi connectivity index (χ0n) is 6.35. The summed E-state index contributed by atoms with van der Waals surface area (Å²) in [6, 6.07) is 0. The molecule has 0 saturated carbocycles. The monoisotopic (exact) mass is 163 g/mol. The highest BCUT2D eigenvalue weighted by atomic mass is 32.2. The van der Waals surface area contributed by atoms with Crippen LogP contribution in [0.5, 0.6) is 0 Å². The van der Waals surface area contributed by atoms with Gasteiger partial charge in [0.1, 0.15) is 6.17 Å². The van der Waals surface area contributed by atoms with Gasteiger partial charge < -0.3 is 0 Å². The lowest BCUT2D eigenvalue weighted by atomic mass is 10.1. The van der Waals surface area contributed by atoms with Gasteiger partial charge in [0.05, 0.1) is 0 Å². The van der Waals surface area contributed by atoms with Crippen LogP contribution in [-0.2, 0) is 0 Å². The predicted molar refractivity (Wildman–Crippen MR) is 43.8 cm³/mol. The van der Waals surface area contributed by atoms with Crippen LogP contribution in [0.2, 0.25) is 0 Å². The summed E-state index contributed by atoms with van der Waals surface area (Å²) in [6.07, 6.45) is 1.21. The van der Waals surface area contributed by atoms with Crippen molar-refractivity contribution in [3.63, 3.8) is 0 Å². The van der Waals surface area contributed by atoms with Crippen molar-refractivity contribution in [1.82, 2.24) is 4.31 Å². The van der Waals surface area contributed by atoms with Crippen molar-refractivity contribution in [1.29, 1.82) is 0 Å². The molecule has 60 valence electrons. The Labute approximate surface area is 66.1 Å². The molecule has 1 rings (SSSR count). The maximum absolute atomic E-state index is 12.7. The summed E-state index contributed by atoms with van der Waals surface area (Å²) in [4.78, 5) is 0. The van der Waals surface area contributed by atoms with E-state index in [1.165, 1.54) is 0 Å². The molecule has 1 unspecified atom stereocenters. The number of halogens is 1. The van der Waals surface area contributed by atoms with E-state index in [0.717, 1.165) is 25.1 Å². The first-order valence-electron chi connectivity index (χ1n) is 3.85. The van der Waals surface area contributed by atoms with Gasteiger partial charge in [0.15, 0.2) is 0 Å². The van der Waals surface area contributed by atoms with E-state index in [0.29, 0.717) is 6.54 Å². The molecule has 0 amide bonds. The SMILES string of the molecule is CCSN1CCCC(F)C1. The molecule has 0 bridgehead atoms. The lowest BCUT2D eigenvalue weighted by molar-refractivity contribution is 0.213. The molecular formula is C7H14FNS. The van der Waals surface area contributed by atoms with Crippen LogP contribution < -0.4 is 0 Å². The smallest absolute Gasteiger partial charge is 0.114 e. The summed E-state index contributed by atoms with van der Waals surface area (Å²) < 4.78 is 14.8. The molecule has 0 aromatic heterocycles. The topological polar surface area (TPSA) is 3.24 Å². The molecule has 0 radical (unpaired) electrons. The molecule has 0 aliphatic carbocycles. The van der Waals surface area contributed by atoms with Gasteiger partial charge in [-0.05, 0) is 12.8 Å². The van der Waals surface area contributed by atoms with Crippen LogP contribution in [0.3, 0.4) is 0 Å². The van der Waals surface area contributed by atoms with Crippen LogP contribution in [-0.4, -0.2) is 29.3 Å². The zero-order valence-corrected chi connectivity index (χ0v) is 7.16. The standard InChI is InChI=1S/C7H14FNS/c1-2-10-9-5-3-4-7(8)6-9/h7H,2-6H2,1H3. The van der Waals surface area contributed by atoms with Crippen LogP contribution in [0, 0.1) is 0 Å². The number of hydrogen-bond donors (Lipinski definition) is 0. The van der Waals surface area contributed by atoms with E-state index >= 15 is 0 Å². The quantitative estimate of drug-likeness (QED) is 0.573. The number of hydrogen-bond acceptors (Lipinski definition) is 2. The highest BCUT2D eigenvalue weighted by molar-refractivity contribution is 7.96. The largest absolute Gasteiger partial charge is 0.248 e. The van der Waals surface area contributed by atoms with Crippen LogP contribution in [0.15, 0.2) is 0 Å². The van der Waals surface area contributed by atoms with Gasteiger partial charge in [0.2, 0.25) is 0 Å². The third kappa shape index (κ3) is 2.46. The number of piperidine rings is 1. The Kier molecular flexibility index (Phi) is 3.49. The maximum atomic E-state index is 12.7.